The minimum atomic E-state index is -1.19. The maximum absolute atomic E-state index is 12.0. The van der Waals surface area contributed by atoms with Gasteiger partial charge in [-0.3, -0.25) is 4.90 Å². The fraction of sp³-hybridized carbons (Fsp3) is 0.727. The van der Waals surface area contributed by atoms with Gasteiger partial charge in [0.1, 0.15) is 11.6 Å². The maximum atomic E-state index is 12.0. The Labute approximate surface area is 115 Å². The molecule has 1 N–H and O–H groups in total. The summed E-state index contributed by atoms with van der Waals surface area (Å²) < 4.78 is 9.71. The first-order valence-electron chi connectivity index (χ1n) is 5.61. The topological polar surface area (TPSA) is 93.1 Å². The molecule has 0 aromatic rings. The molecule has 0 bridgehead atoms. The second kappa shape index (κ2) is 5.68. The predicted octanol–water partition coefficient (Wildman–Crippen LogP) is 0.923. The lowest BCUT2D eigenvalue weighted by Crippen LogP contribution is -2.50. The van der Waals surface area contributed by atoms with Gasteiger partial charge in [-0.1, -0.05) is 0 Å². The standard InChI is InChI=1S/C11H17NO6S/c1-11(2,3)18-10(16)12-6(9(15)17-4)5-19-7(12)8(13)14/h6-7H,5H2,1-4H3,(H,13,14)/t6-,7?/m0/s1. The molecule has 1 saturated heterocycles. The van der Waals surface area contributed by atoms with Crippen LogP contribution in [0.2, 0.25) is 0 Å². The number of rotatable bonds is 2. The van der Waals surface area contributed by atoms with Gasteiger partial charge in [0.25, 0.3) is 0 Å². The molecule has 0 aromatic heterocycles. The van der Waals surface area contributed by atoms with E-state index in [-0.39, 0.29) is 5.75 Å². The van der Waals surface area contributed by atoms with E-state index in [1.807, 2.05) is 0 Å². The number of methoxy groups -OCH3 is 1. The van der Waals surface area contributed by atoms with Gasteiger partial charge in [0, 0.05) is 5.75 Å². The van der Waals surface area contributed by atoms with Crippen molar-refractivity contribution < 1.29 is 29.0 Å². The molecule has 0 spiro atoms. The number of esters is 1. The van der Waals surface area contributed by atoms with Gasteiger partial charge in [-0.05, 0) is 20.8 Å². The number of amides is 1. The summed E-state index contributed by atoms with van der Waals surface area (Å²) in [6.07, 6.45) is -0.833. The van der Waals surface area contributed by atoms with E-state index in [1.165, 1.54) is 7.11 Å². The van der Waals surface area contributed by atoms with Crippen LogP contribution in [0, 0.1) is 0 Å². The first-order valence-corrected chi connectivity index (χ1v) is 6.66. The molecule has 0 aliphatic carbocycles. The zero-order valence-electron chi connectivity index (χ0n) is 11.2. The molecular formula is C11H17NO6S. The smallest absolute Gasteiger partial charge is 0.412 e. The van der Waals surface area contributed by atoms with Gasteiger partial charge in [-0.15, -0.1) is 11.8 Å². The minimum absolute atomic E-state index is 0.170. The second-order valence-electron chi connectivity index (χ2n) is 4.95. The molecule has 0 radical (unpaired) electrons. The van der Waals surface area contributed by atoms with Crippen LogP contribution in [0.5, 0.6) is 0 Å². The molecule has 7 nitrogen and oxygen atoms in total. The Hall–Kier alpha value is -1.44. The van der Waals surface area contributed by atoms with Crippen molar-refractivity contribution >= 4 is 29.8 Å². The Morgan fingerprint density at radius 1 is 1.32 bits per heavy atom. The molecule has 2 atom stereocenters. The average molecular weight is 291 g/mol. The summed E-state index contributed by atoms with van der Waals surface area (Å²) in [5, 5.41) is 7.94. The van der Waals surface area contributed by atoms with E-state index in [9.17, 15) is 14.4 Å². The number of carboxylic acid groups (broad SMARTS) is 1. The average Bonchev–Trinajstić information content (AvgIpc) is 2.70. The number of hydrogen-bond donors (Lipinski definition) is 1. The van der Waals surface area contributed by atoms with Crippen molar-refractivity contribution in [2.75, 3.05) is 12.9 Å². The first kappa shape index (κ1) is 15.6. The van der Waals surface area contributed by atoms with Gasteiger partial charge in [0.05, 0.1) is 7.11 Å². The van der Waals surface area contributed by atoms with E-state index >= 15 is 0 Å². The van der Waals surface area contributed by atoms with Crippen molar-refractivity contribution in [2.24, 2.45) is 0 Å². The molecule has 1 aliphatic heterocycles. The minimum Gasteiger partial charge on any atom is -0.479 e. The van der Waals surface area contributed by atoms with Crippen LogP contribution >= 0.6 is 11.8 Å². The lowest BCUT2D eigenvalue weighted by molar-refractivity contribution is -0.148. The number of thioether (sulfide) groups is 1. The van der Waals surface area contributed by atoms with Crippen LogP contribution in [0.3, 0.4) is 0 Å². The molecule has 1 unspecified atom stereocenters. The normalized spacial score (nSPS) is 23.1. The van der Waals surface area contributed by atoms with E-state index < -0.39 is 35.0 Å². The Morgan fingerprint density at radius 2 is 1.89 bits per heavy atom. The Balaban J connectivity index is 2.95. The quantitative estimate of drug-likeness (QED) is 0.756. The van der Waals surface area contributed by atoms with Gasteiger partial charge in [0.2, 0.25) is 0 Å². The highest BCUT2D eigenvalue weighted by Gasteiger charge is 2.47. The van der Waals surface area contributed by atoms with Gasteiger partial charge in [-0.2, -0.15) is 0 Å². The number of hydrogen-bond acceptors (Lipinski definition) is 6. The number of carbonyl (C=O) groups excluding carboxylic acids is 2. The summed E-state index contributed by atoms with van der Waals surface area (Å²) >= 11 is 0.989. The number of carboxylic acids is 1. The van der Waals surface area contributed by atoms with Crippen LogP contribution in [-0.2, 0) is 19.1 Å². The first-order chi connectivity index (χ1) is 8.67. The van der Waals surface area contributed by atoms with Crippen LogP contribution in [0.15, 0.2) is 0 Å². The molecule has 1 rings (SSSR count). The van der Waals surface area contributed by atoms with Crippen molar-refractivity contribution in [3.05, 3.63) is 0 Å². The Bertz CT molecular complexity index is 391. The largest absolute Gasteiger partial charge is 0.479 e. The van der Waals surface area contributed by atoms with Gasteiger partial charge >= 0.3 is 18.0 Å². The molecule has 1 heterocycles. The molecule has 1 fully saturated rings. The summed E-state index contributed by atoms with van der Waals surface area (Å²) in [6.45, 7) is 4.99. The monoisotopic (exact) mass is 291 g/mol. The maximum Gasteiger partial charge on any atom is 0.412 e. The summed E-state index contributed by atoms with van der Waals surface area (Å²) in [6, 6.07) is -0.939. The van der Waals surface area contributed by atoms with Crippen LogP contribution in [0.1, 0.15) is 20.8 Å². The van der Waals surface area contributed by atoms with E-state index in [1.54, 1.807) is 20.8 Å². The van der Waals surface area contributed by atoms with Gasteiger partial charge in [0.15, 0.2) is 5.37 Å². The lowest BCUT2D eigenvalue weighted by Gasteiger charge is -2.29. The van der Waals surface area contributed by atoms with Crippen LogP contribution < -0.4 is 0 Å². The van der Waals surface area contributed by atoms with Crippen molar-refractivity contribution in [3.8, 4) is 0 Å². The van der Waals surface area contributed by atoms with Crippen LogP contribution in [0.25, 0.3) is 0 Å². The molecule has 0 saturated carbocycles. The summed E-state index contributed by atoms with van der Waals surface area (Å²) in [5.74, 6) is -1.67. The van der Waals surface area contributed by atoms with E-state index in [0.717, 1.165) is 16.7 Å². The second-order valence-corrected chi connectivity index (χ2v) is 6.06. The van der Waals surface area contributed by atoms with Crippen molar-refractivity contribution in [1.82, 2.24) is 4.90 Å². The summed E-state index contributed by atoms with van der Waals surface area (Å²) in [4.78, 5) is 35.6. The molecule has 1 amide bonds. The highest BCUT2D eigenvalue weighted by molar-refractivity contribution is 8.00. The van der Waals surface area contributed by atoms with Gasteiger partial charge in [-0.25, -0.2) is 14.4 Å². The third-order valence-electron chi connectivity index (χ3n) is 2.29. The molecule has 0 aromatic carbocycles. The Morgan fingerprint density at radius 3 is 2.32 bits per heavy atom. The zero-order valence-corrected chi connectivity index (χ0v) is 12.0. The Kier molecular flexibility index (Phi) is 4.67. The molecule has 19 heavy (non-hydrogen) atoms. The fourth-order valence-electron chi connectivity index (χ4n) is 1.55. The number of nitrogens with zero attached hydrogens (tertiary/aromatic N) is 1. The van der Waals surface area contributed by atoms with E-state index in [2.05, 4.69) is 4.74 Å². The zero-order chi connectivity index (χ0) is 14.8. The molecule has 108 valence electrons. The van der Waals surface area contributed by atoms with Crippen LogP contribution in [-0.4, -0.2) is 57.9 Å². The molecule has 8 heteroatoms. The highest BCUT2D eigenvalue weighted by Crippen LogP contribution is 2.31. The summed E-state index contributed by atoms with van der Waals surface area (Å²) in [7, 11) is 1.19. The number of carbonyl (C=O) groups is 3. The SMILES string of the molecule is COC(=O)[C@@H]1CSC(C(=O)O)N1C(=O)OC(C)(C)C. The van der Waals surface area contributed by atoms with Crippen molar-refractivity contribution in [3.63, 3.8) is 0 Å². The van der Waals surface area contributed by atoms with E-state index in [0.29, 0.717) is 0 Å². The number of aliphatic carboxylic acids is 1. The fourth-order valence-corrected chi connectivity index (χ4v) is 2.75. The van der Waals surface area contributed by atoms with Gasteiger partial charge < -0.3 is 14.6 Å². The predicted molar refractivity (Wildman–Crippen MR) is 67.8 cm³/mol. The molecular weight excluding hydrogens is 274 g/mol. The third kappa shape index (κ3) is 3.76. The van der Waals surface area contributed by atoms with E-state index in [4.69, 9.17) is 9.84 Å². The highest BCUT2D eigenvalue weighted by atomic mass is 32.2. The molecule has 1 aliphatic rings. The number of ether oxygens (including phenoxy) is 2. The van der Waals surface area contributed by atoms with Crippen molar-refractivity contribution in [2.45, 2.75) is 37.8 Å². The summed E-state index contributed by atoms with van der Waals surface area (Å²) in [5.41, 5.74) is -0.770. The van der Waals surface area contributed by atoms with Crippen LogP contribution in [0.4, 0.5) is 4.79 Å². The third-order valence-corrected chi connectivity index (χ3v) is 3.54. The lowest BCUT2D eigenvalue weighted by atomic mass is 10.2. The van der Waals surface area contributed by atoms with Crippen molar-refractivity contribution in [1.29, 1.82) is 0 Å².